The van der Waals surface area contributed by atoms with E-state index in [2.05, 4.69) is 5.32 Å². The zero-order chi connectivity index (χ0) is 15.1. The second-order valence-corrected chi connectivity index (χ2v) is 5.12. The van der Waals surface area contributed by atoms with Crippen LogP contribution in [0.1, 0.15) is 47.7 Å². The lowest BCUT2D eigenvalue weighted by molar-refractivity contribution is -0.137. The summed E-state index contributed by atoms with van der Waals surface area (Å²) in [6, 6.07) is 5.35. The van der Waals surface area contributed by atoms with E-state index in [1.54, 1.807) is 0 Å². The van der Waals surface area contributed by atoms with Gasteiger partial charge in [0.05, 0.1) is 6.04 Å². The Balaban J connectivity index is 2.90. The molecular weight excluding hydrogens is 254 g/mol. The van der Waals surface area contributed by atoms with Crippen LogP contribution in [0.5, 0.6) is 0 Å². The number of carboxylic acid groups (broad SMARTS) is 1. The summed E-state index contributed by atoms with van der Waals surface area (Å²) >= 11 is 0. The number of Topliss-reactive ketones (excluding diaryl/α,β-unsaturated/α-hetero) is 1. The summed E-state index contributed by atoms with van der Waals surface area (Å²) in [6.07, 6.45) is 1.23. The summed E-state index contributed by atoms with van der Waals surface area (Å²) in [6.45, 7) is 6.58. The quantitative estimate of drug-likeness (QED) is 0.717. The van der Waals surface area contributed by atoms with Crippen LogP contribution in [0.4, 0.5) is 0 Å². The summed E-state index contributed by atoms with van der Waals surface area (Å²) in [4.78, 5) is 23.3. The molecule has 110 valence electrons. The van der Waals surface area contributed by atoms with Gasteiger partial charge in [0.2, 0.25) is 0 Å². The monoisotopic (exact) mass is 277 g/mol. The van der Waals surface area contributed by atoms with Crippen molar-refractivity contribution in [2.45, 2.75) is 46.1 Å². The Morgan fingerprint density at radius 3 is 2.60 bits per heavy atom. The highest BCUT2D eigenvalue weighted by Gasteiger charge is 2.21. The van der Waals surface area contributed by atoms with Crippen molar-refractivity contribution in [1.29, 1.82) is 0 Å². The highest BCUT2D eigenvalue weighted by molar-refractivity contribution is 6.01. The smallest absolute Gasteiger partial charge is 0.303 e. The number of benzene rings is 1. The fourth-order valence-electron chi connectivity index (χ4n) is 2.10. The third-order valence-corrected chi connectivity index (χ3v) is 3.26. The molecular formula is C16H23NO3. The van der Waals surface area contributed by atoms with Crippen molar-refractivity contribution >= 4 is 11.8 Å². The molecule has 0 amide bonds. The molecule has 0 radical (unpaired) electrons. The van der Waals surface area contributed by atoms with Crippen molar-refractivity contribution in [3.63, 3.8) is 0 Å². The molecule has 0 heterocycles. The first-order valence-electron chi connectivity index (χ1n) is 7.02. The van der Waals surface area contributed by atoms with Crippen LogP contribution >= 0.6 is 0 Å². The van der Waals surface area contributed by atoms with Gasteiger partial charge in [0.25, 0.3) is 0 Å². The summed E-state index contributed by atoms with van der Waals surface area (Å²) in [5.41, 5.74) is 2.65. The molecule has 0 fully saturated rings. The van der Waals surface area contributed by atoms with Gasteiger partial charge in [-0.1, -0.05) is 24.6 Å². The Morgan fingerprint density at radius 1 is 1.30 bits per heavy atom. The lowest BCUT2D eigenvalue weighted by atomic mass is 9.95. The molecule has 20 heavy (non-hydrogen) atoms. The fraction of sp³-hybridized carbons (Fsp3) is 0.500. The first-order valence-corrected chi connectivity index (χ1v) is 7.02. The van der Waals surface area contributed by atoms with Gasteiger partial charge in [-0.3, -0.25) is 9.59 Å². The molecule has 0 saturated heterocycles. The lowest BCUT2D eigenvalue weighted by Gasteiger charge is -2.18. The number of hydrogen-bond acceptors (Lipinski definition) is 3. The zero-order valence-corrected chi connectivity index (χ0v) is 12.4. The SMILES string of the molecule is CCCNC(CCC(=O)O)C(=O)c1cc(C)ccc1C. The predicted octanol–water partition coefficient (Wildman–Crippen LogP) is 2.72. The second kappa shape index (κ2) is 7.80. The van der Waals surface area contributed by atoms with Gasteiger partial charge in [-0.05, 0) is 44.9 Å². The number of nitrogens with one attached hydrogen (secondary N) is 1. The maximum absolute atomic E-state index is 12.6. The van der Waals surface area contributed by atoms with E-state index in [1.165, 1.54) is 0 Å². The molecule has 0 spiro atoms. The Kier molecular flexibility index (Phi) is 6.39. The molecule has 1 unspecified atom stereocenters. The van der Waals surface area contributed by atoms with Gasteiger partial charge in [-0.2, -0.15) is 0 Å². The van der Waals surface area contributed by atoms with Crippen molar-refractivity contribution in [2.24, 2.45) is 0 Å². The van der Waals surface area contributed by atoms with Gasteiger partial charge in [0, 0.05) is 12.0 Å². The van der Waals surface area contributed by atoms with Crippen molar-refractivity contribution < 1.29 is 14.7 Å². The number of rotatable bonds is 8. The van der Waals surface area contributed by atoms with Crippen LogP contribution in [0, 0.1) is 13.8 Å². The van der Waals surface area contributed by atoms with Gasteiger partial charge in [-0.15, -0.1) is 0 Å². The number of aryl methyl sites for hydroxylation is 2. The molecule has 0 aliphatic heterocycles. The van der Waals surface area contributed by atoms with Crippen molar-refractivity contribution in [1.82, 2.24) is 5.32 Å². The Hall–Kier alpha value is -1.68. The minimum absolute atomic E-state index is 0.00200. The van der Waals surface area contributed by atoms with E-state index in [4.69, 9.17) is 5.11 Å². The molecule has 2 N–H and O–H groups in total. The van der Waals surface area contributed by atoms with Crippen LogP contribution < -0.4 is 5.32 Å². The highest BCUT2D eigenvalue weighted by atomic mass is 16.4. The van der Waals surface area contributed by atoms with Crippen molar-refractivity contribution in [3.05, 3.63) is 34.9 Å². The molecule has 1 aromatic rings. The fourth-order valence-corrected chi connectivity index (χ4v) is 2.10. The maximum Gasteiger partial charge on any atom is 0.303 e. The Labute approximate surface area is 120 Å². The molecule has 4 nitrogen and oxygen atoms in total. The predicted molar refractivity (Wildman–Crippen MR) is 79.2 cm³/mol. The number of carbonyl (C=O) groups is 2. The average Bonchev–Trinajstić information content (AvgIpc) is 2.40. The van der Waals surface area contributed by atoms with E-state index in [0.29, 0.717) is 18.5 Å². The van der Waals surface area contributed by atoms with Crippen LogP contribution in [0.15, 0.2) is 18.2 Å². The normalized spacial score (nSPS) is 12.2. The van der Waals surface area contributed by atoms with Crippen molar-refractivity contribution in [2.75, 3.05) is 6.54 Å². The maximum atomic E-state index is 12.6. The van der Waals surface area contributed by atoms with Gasteiger partial charge >= 0.3 is 5.97 Å². The van der Waals surface area contributed by atoms with E-state index < -0.39 is 12.0 Å². The summed E-state index contributed by atoms with van der Waals surface area (Å²) in [5, 5.41) is 12.0. The second-order valence-electron chi connectivity index (χ2n) is 5.12. The highest BCUT2D eigenvalue weighted by Crippen LogP contribution is 2.15. The number of aliphatic carboxylic acids is 1. The van der Waals surface area contributed by atoms with Crippen LogP contribution in [0.2, 0.25) is 0 Å². The van der Waals surface area contributed by atoms with Gasteiger partial charge in [-0.25, -0.2) is 0 Å². The van der Waals surface area contributed by atoms with Crippen LogP contribution in [-0.4, -0.2) is 29.4 Å². The number of carboxylic acids is 1. The zero-order valence-electron chi connectivity index (χ0n) is 12.4. The summed E-state index contributed by atoms with van der Waals surface area (Å²) in [7, 11) is 0. The molecule has 1 aromatic carbocycles. The Bertz CT molecular complexity index is 483. The number of ketones is 1. The standard InChI is InChI=1S/C16H23NO3/c1-4-9-17-14(7-8-15(18)19)16(20)13-10-11(2)5-6-12(13)3/h5-6,10,14,17H,4,7-9H2,1-3H3,(H,18,19). The van der Waals surface area contributed by atoms with E-state index in [-0.39, 0.29) is 12.2 Å². The van der Waals surface area contributed by atoms with Gasteiger partial charge < -0.3 is 10.4 Å². The minimum Gasteiger partial charge on any atom is -0.481 e. The first-order chi connectivity index (χ1) is 9.45. The molecule has 4 heteroatoms. The van der Waals surface area contributed by atoms with Gasteiger partial charge in [0.1, 0.15) is 0 Å². The van der Waals surface area contributed by atoms with Crippen molar-refractivity contribution in [3.8, 4) is 0 Å². The third kappa shape index (κ3) is 4.78. The summed E-state index contributed by atoms with van der Waals surface area (Å²) < 4.78 is 0. The summed E-state index contributed by atoms with van der Waals surface area (Å²) in [5.74, 6) is -0.886. The molecule has 0 aliphatic rings. The molecule has 0 aliphatic carbocycles. The molecule has 1 rings (SSSR count). The average molecular weight is 277 g/mol. The van der Waals surface area contributed by atoms with Crippen LogP contribution in [-0.2, 0) is 4.79 Å². The molecule has 0 aromatic heterocycles. The third-order valence-electron chi connectivity index (χ3n) is 3.26. The number of hydrogen-bond donors (Lipinski definition) is 2. The van der Waals surface area contributed by atoms with E-state index in [9.17, 15) is 9.59 Å². The lowest BCUT2D eigenvalue weighted by Crippen LogP contribution is -2.38. The minimum atomic E-state index is -0.873. The van der Waals surface area contributed by atoms with Crippen LogP contribution in [0.3, 0.4) is 0 Å². The van der Waals surface area contributed by atoms with Gasteiger partial charge in [0.15, 0.2) is 5.78 Å². The Morgan fingerprint density at radius 2 is 2.00 bits per heavy atom. The topological polar surface area (TPSA) is 66.4 Å². The van der Waals surface area contributed by atoms with E-state index in [1.807, 2.05) is 39.0 Å². The first kappa shape index (κ1) is 16.4. The molecule has 1 atom stereocenters. The van der Waals surface area contributed by atoms with E-state index in [0.717, 1.165) is 17.5 Å². The van der Waals surface area contributed by atoms with Crippen LogP contribution in [0.25, 0.3) is 0 Å². The number of carbonyl (C=O) groups excluding carboxylic acids is 1. The molecule has 0 bridgehead atoms. The largest absolute Gasteiger partial charge is 0.481 e. The van der Waals surface area contributed by atoms with E-state index >= 15 is 0 Å². The molecule has 0 saturated carbocycles.